The number of nitrogens with one attached hydrogen (secondary N) is 1. The molecule has 0 radical (unpaired) electrons. The van der Waals surface area contributed by atoms with Gasteiger partial charge in [0.2, 0.25) is 5.91 Å². The van der Waals surface area contributed by atoms with Crippen molar-refractivity contribution >= 4 is 17.9 Å². The second-order valence-electron chi connectivity index (χ2n) is 7.35. The van der Waals surface area contributed by atoms with E-state index < -0.39 is 0 Å². The molecule has 0 aliphatic carbocycles. The van der Waals surface area contributed by atoms with Crippen molar-refractivity contribution < 1.29 is 9.59 Å². The number of benzene rings is 1. The Morgan fingerprint density at radius 2 is 1.84 bits per heavy atom. The molecule has 1 saturated heterocycles. The van der Waals surface area contributed by atoms with Crippen LogP contribution in [0, 0.1) is 11.8 Å². The van der Waals surface area contributed by atoms with Gasteiger partial charge < -0.3 is 10.2 Å². The topological polar surface area (TPSA) is 49.4 Å². The van der Waals surface area contributed by atoms with E-state index >= 15 is 0 Å². The van der Waals surface area contributed by atoms with Crippen LogP contribution in [-0.2, 0) is 4.79 Å². The van der Waals surface area contributed by atoms with Crippen molar-refractivity contribution in [3.05, 3.63) is 41.5 Å². The first-order valence-corrected chi connectivity index (χ1v) is 9.23. The first-order chi connectivity index (χ1) is 11.9. The monoisotopic (exact) mass is 342 g/mol. The van der Waals surface area contributed by atoms with Crippen LogP contribution < -0.4 is 5.32 Å². The van der Waals surface area contributed by atoms with Crippen molar-refractivity contribution in [2.45, 2.75) is 46.1 Å². The van der Waals surface area contributed by atoms with Crippen LogP contribution in [0.1, 0.15) is 56.0 Å². The summed E-state index contributed by atoms with van der Waals surface area (Å²) in [5.74, 6) is 1.13. The number of carbonyl (C=O) groups excluding carboxylic acids is 2. The summed E-state index contributed by atoms with van der Waals surface area (Å²) >= 11 is 0. The number of hydrogen-bond acceptors (Lipinski definition) is 2. The Balaban J connectivity index is 2.08. The molecule has 2 amide bonds. The number of amides is 2. The van der Waals surface area contributed by atoms with Crippen molar-refractivity contribution in [2.24, 2.45) is 11.8 Å². The van der Waals surface area contributed by atoms with Crippen LogP contribution in [0.15, 0.2) is 30.3 Å². The van der Waals surface area contributed by atoms with Gasteiger partial charge >= 0.3 is 0 Å². The molecule has 1 aromatic carbocycles. The molecular weight excluding hydrogens is 312 g/mol. The van der Waals surface area contributed by atoms with E-state index in [1.165, 1.54) is 6.42 Å². The Morgan fingerprint density at radius 3 is 2.44 bits per heavy atom. The highest BCUT2D eigenvalue weighted by atomic mass is 16.2. The van der Waals surface area contributed by atoms with E-state index in [2.05, 4.69) is 26.1 Å². The molecule has 4 nitrogen and oxygen atoms in total. The van der Waals surface area contributed by atoms with Crippen molar-refractivity contribution in [2.75, 3.05) is 13.6 Å². The van der Waals surface area contributed by atoms with Crippen LogP contribution in [0.25, 0.3) is 6.08 Å². The molecule has 1 fully saturated rings. The van der Waals surface area contributed by atoms with Gasteiger partial charge in [-0.25, -0.2) is 0 Å². The smallest absolute Gasteiger partial charge is 0.251 e. The summed E-state index contributed by atoms with van der Waals surface area (Å²) in [6.07, 6.45) is 6.85. The molecule has 2 rings (SSSR count). The van der Waals surface area contributed by atoms with E-state index in [0.717, 1.165) is 24.9 Å². The zero-order valence-electron chi connectivity index (χ0n) is 15.8. The Labute approximate surface area is 151 Å². The summed E-state index contributed by atoms with van der Waals surface area (Å²) < 4.78 is 0. The fourth-order valence-electron chi connectivity index (χ4n) is 3.40. The Kier molecular flexibility index (Phi) is 6.80. The van der Waals surface area contributed by atoms with Crippen molar-refractivity contribution in [3.63, 3.8) is 0 Å². The summed E-state index contributed by atoms with van der Waals surface area (Å²) in [5, 5.41) is 2.60. The number of rotatable bonds is 4. The van der Waals surface area contributed by atoms with Gasteiger partial charge in [-0.1, -0.05) is 32.9 Å². The number of carbonyl (C=O) groups is 2. The minimum Gasteiger partial charge on any atom is -0.355 e. The van der Waals surface area contributed by atoms with Gasteiger partial charge in [0.1, 0.15) is 0 Å². The number of hydrogen-bond donors (Lipinski definition) is 1. The van der Waals surface area contributed by atoms with Gasteiger partial charge in [0.05, 0.1) is 0 Å². The predicted molar refractivity (Wildman–Crippen MR) is 102 cm³/mol. The van der Waals surface area contributed by atoms with Gasteiger partial charge in [-0.15, -0.1) is 0 Å². The lowest BCUT2D eigenvalue weighted by Crippen LogP contribution is -2.42. The Hall–Kier alpha value is -2.10. The molecule has 25 heavy (non-hydrogen) atoms. The maximum atomic E-state index is 12.7. The van der Waals surface area contributed by atoms with Gasteiger partial charge in [0, 0.05) is 31.3 Å². The normalized spacial score (nSPS) is 21.4. The zero-order valence-corrected chi connectivity index (χ0v) is 15.8. The van der Waals surface area contributed by atoms with Crippen LogP contribution in [0.2, 0.25) is 0 Å². The number of nitrogens with zero attached hydrogens (tertiary/aromatic N) is 1. The summed E-state index contributed by atoms with van der Waals surface area (Å²) in [7, 11) is 1.61. The van der Waals surface area contributed by atoms with E-state index in [4.69, 9.17) is 0 Å². The van der Waals surface area contributed by atoms with Gasteiger partial charge in [0.25, 0.3) is 5.91 Å². The summed E-state index contributed by atoms with van der Waals surface area (Å²) in [4.78, 5) is 26.4. The van der Waals surface area contributed by atoms with Crippen LogP contribution in [0.3, 0.4) is 0 Å². The lowest BCUT2D eigenvalue weighted by atomic mass is 9.95. The van der Waals surface area contributed by atoms with Crippen LogP contribution in [0.5, 0.6) is 0 Å². The molecule has 136 valence electrons. The maximum Gasteiger partial charge on any atom is 0.251 e. The molecular formula is C21H30N2O2. The summed E-state index contributed by atoms with van der Waals surface area (Å²) in [5.41, 5.74) is 1.54. The molecule has 1 aromatic rings. The average molecular weight is 342 g/mol. The summed E-state index contributed by atoms with van der Waals surface area (Å²) in [6, 6.07) is 7.58. The third kappa shape index (κ3) is 5.18. The highest BCUT2D eigenvalue weighted by molar-refractivity contribution is 5.95. The molecule has 2 atom stereocenters. The van der Waals surface area contributed by atoms with Crippen LogP contribution >= 0.6 is 0 Å². The minimum atomic E-state index is -0.106. The van der Waals surface area contributed by atoms with E-state index in [0.29, 0.717) is 23.4 Å². The molecule has 1 heterocycles. The third-order valence-corrected chi connectivity index (χ3v) is 5.09. The van der Waals surface area contributed by atoms with E-state index in [1.807, 2.05) is 23.1 Å². The molecule has 0 saturated carbocycles. The fraction of sp³-hybridized carbons (Fsp3) is 0.524. The molecule has 4 heteroatoms. The Morgan fingerprint density at radius 1 is 1.16 bits per heavy atom. The van der Waals surface area contributed by atoms with E-state index in [-0.39, 0.29) is 11.8 Å². The molecule has 1 N–H and O–H groups in total. The average Bonchev–Trinajstić information content (AvgIpc) is 2.81. The quantitative estimate of drug-likeness (QED) is 0.848. The predicted octanol–water partition coefficient (Wildman–Crippen LogP) is 3.73. The van der Waals surface area contributed by atoms with E-state index in [1.54, 1.807) is 25.3 Å². The van der Waals surface area contributed by atoms with Gasteiger partial charge in [0.15, 0.2) is 0 Å². The van der Waals surface area contributed by atoms with Crippen molar-refractivity contribution in [1.82, 2.24) is 10.2 Å². The van der Waals surface area contributed by atoms with Crippen LogP contribution in [0.4, 0.5) is 0 Å². The lowest BCUT2D eigenvalue weighted by Gasteiger charge is -2.32. The highest BCUT2D eigenvalue weighted by Crippen LogP contribution is 2.26. The van der Waals surface area contributed by atoms with Gasteiger partial charge in [-0.3, -0.25) is 9.59 Å². The highest BCUT2D eigenvalue weighted by Gasteiger charge is 2.28. The fourth-order valence-corrected chi connectivity index (χ4v) is 3.40. The van der Waals surface area contributed by atoms with Crippen LogP contribution in [-0.4, -0.2) is 36.3 Å². The molecule has 2 unspecified atom stereocenters. The van der Waals surface area contributed by atoms with E-state index in [9.17, 15) is 9.59 Å². The molecule has 1 aliphatic heterocycles. The molecule has 0 bridgehead atoms. The summed E-state index contributed by atoms with van der Waals surface area (Å²) in [6.45, 7) is 7.50. The van der Waals surface area contributed by atoms with Crippen molar-refractivity contribution in [3.8, 4) is 0 Å². The molecule has 0 aromatic heterocycles. The second kappa shape index (κ2) is 8.84. The standard InChI is InChI=1S/C21H30N2O2/c1-15(2)19-11-5-16(3)13-14-23(19)20(24)12-8-17-6-9-18(10-7-17)21(25)22-4/h6-10,12,15-16,19H,5,11,13-14H2,1-4H3,(H,22,25)/b12-8+. The number of likely N-dealkylation sites (tertiary alicyclic amines) is 1. The maximum absolute atomic E-state index is 12.7. The van der Waals surface area contributed by atoms with Crippen molar-refractivity contribution in [1.29, 1.82) is 0 Å². The Bertz CT molecular complexity index is 619. The van der Waals surface area contributed by atoms with Gasteiger partial charge in [-0.2, -0.15) is 0 Å². The first kappa shape index (κ1) is 19.2. The first-order valence-electron chi connectivity index (χ1n) is 9.23. The molecule has 0 spiro atoms. The largest absolute Gasteiger partial charge is 0.355 e. The zero-order chi connectivity index (χ0) is 18.4. The molecule has 1 aliphatic rings. The van der Waals surface area contributed by atoms with Gasteiger partial charge in [-0.05, 0) is 54.9 Å². The lowest BCUT2D eigenvalue weighted by molar-refractivity contribution is -0.129. The second-order valence-corrected chi connectivity index (χ2v) is 7.35. The minimum absolute atomic E-state index is 0.0863. The SMILES string of the molecule is CNC(=O)c1ccc(/C=C/C(=O)N2CCC(C)CCC2C(C)C)cc1. The third-order valence-electron chi connectivity index (χ3n) is 5.09.